The number of fused-ring (bicyclic) bond motifs is 1. The van der Waals surface area contributed by atoms with Gasteiger partial charge in [0.15, 0.2) is 17.3 Å². The maximum Gasteiger partial charge on any atom is 0.161 e. The summed E-state index contributed by atoms with van der Waals surface area (Å²) in [7, 11) is 0. The summed E-state index contributed by atoms with van der Waals surface area (Å²) in [5.74, 6) is 2.09. The van der Waals surface area contributed by atoms with Crippen molar-refractivity contribution in [2.45, 2.75) is 13.3 Å². The Bertz CT molecular complexity index is 596. The minimum absolute atomic E-state index is 0.439. The Labute approximate surface area is 116 Å². The second kappa shape index (κ2) is 5.05. The second-order valence-corrected chi connectivity index (χ2v) is 4.75. The van der Waals surface area contributed by atoms with E-state index in [1.807, 2.05) is 25.1 Å². The van der Waals surface area contributed by atoms with Crippen LogP contribution in [0.15, 0.2) is 24.3 Å². The quantitative estimate of drug-likeness (QED) is 0.750. The number of ether oxygens (including phenoxy) is 2. The molecule has 2 aromatic rings. The van der Waals surface area contributed by atoms with Gasteiger partial charge in [0, 0.05) is 17.7 Å². The molecule has 0 spiro atoms. The fraction of sp³-hybridized carbons (Fsp3) is 0.286. The van der Waals surface area contributed by atoms with Crippen molar-refractivity contribution in [1.82, 2.24) is 9.97 Å². The van der Waals surface area contributed by atoms with Crippen LogP contribution in [0.25, 0.3) is 11.4 Å². The van der Waals surface area contributed by atoms with Gasteiger partial charge in [-0.15, -0.1) is 0 Å². The van der Waals surface area contributed by atoms with Crippen LogP contribution < -0.4 is 9.47 Å². The van der Waals surface area contributed by atoms with Crippen LogP contribution >= 0.6 is 11.6 Å². The first-order chi connectivity index (χ1) is 9.22. The lowest BCUT2D eigenvalue weighted by atomic mass is 10.2. The highest BCUT2D eigenvalue weighted by Crippen LogP contribution is 2.33. The predicted molar refractivity (Wildman–Crippen MR) is 72.8 cm³/mol. The Morgan fingerprint density at radius 1 is 1.05 bits per heavy atom. The highest BCUT2D eigenvalue weighted by atomic mass is 35.5. The van der Waals surface area contributed by atoms with Gasteiger partial charge in [0.2, 0.25) is 0 Å². The highest BCUT2D eigenvalue weighted by molar-refractivity contribution is 6.29. The Morgan fingerprint density at radius 3 is 2.63 bits per heavy atom. The van der Waals surface area contributed by atoms with Gasteiger partial charge in [-0.05, 0) is 31.2 Å². The molecule has 19 heavy (non-hydrogen) atoms. The Morgan fingerprint density at radius 2 is 1.84 bits per heavy atom. The molecule has 0 saturated heterocycles. The summed E-state index contributed by atoms with van der Waals surface area (Å²) in [5, 5.41) is 0.439. The van der Waals surface area contributed by atoms with Crippen LogP contribution in [0.4, 0.5) is 0 Å². The summed E-state index contributed by atoms with van der Waals surface area (Å²) in [6.45, 7) is 3.23. The molecule has 0 amide bonds. The third kappa shape index (κ3) is 2.63. The lowest BCUT2D eigenvalue weighted by molar-refractivity contribution is 0.297. The fourth-order valence-electron chi connectivity index (χ4n) is 1.96. The summed E-state index contributed by atoms with van der Waals surface area (Å²) < 4.78 is 11.3. The largest absolute Gasteiger partial charge is 0.490 e. The summed E-state index contributed by atoms with van der Waals surface area (Å²) in [6.07, 6.45) is 0.886. The third-order valence-electron chi connectivity index (χ3n) is 2.83. The van der Waals surface area contributed by atoms with Gasteiger partial charge in [-0.2, -0.15) is 0 Å². The molecule has 0 unspecified atom stereocenters. The summed E-state index contributed by atoms with van der Waals surface area (Å²) in [6, 6.07) is 7.42. The van der Waals surface area contributed by atoms with Crippen LogP contribution in [-0.4, -0.2) is 23.2 Å². The van der Waals surface area contributed by atoms with Crippen molar-refractivity contribution in [2.75, 3.05) is 13.2 Å². The van der Waals surface area contributed by atoms with Crippen molar-refractivity contribution in [3.63, 3.8) is 0 Å². The van der Waals surface area contributed by atoms with Crippen molar-refractivity contribution in [3.8, 4) is 22.9 Å². The standard InChI is InChI=1S/C14H13ClN2O2/c1-9-7-13(15)17-14(16-9)10-3-4-11-12(8-10)19-6-2-5-18-11/h3-4,7-8H,2,5-6H2,1H3. The molecule has 5 heteroatoms. The van der Waals surface area contributed by atoms with E-state index in [1.165, 1.54) is 0 Å². The van der Waals surface area contributed by atoms with E-state index in [1.54, 1.807) is 6.07 Å². The van der Waals surface area contributed by atoms with E-state index in [2.05, 4.69) is 9.97 Å². The molecule has 0 bridgehead atoms. The van der Waals surface area contributed by atoms with Gasteiger partial charge in [0.05, 0.1) is 13.2 Å². The van der Waals surface area contributed by atoms with Gasteiger partial charge < -0.3 is 9.47 Å². The van der Waals surface area contributed by atoms with Gasteiger partial charge >= 0.3 is 0 Å². The SMILES string of the molecule is Cc1cc(Cl)nc(-c2ccc3c(c2)OCCCO3)n1. The average Bonchev–Trinajstić information content (AvgIpc) is 2.61. The predicted octanol–water partition coefficient (Wildman–Crippen LogP) is 3.27. The van der Waals surface area contributed by atoms with E-state index in [9.17, 15) is 0 Å². The van der Waals surface area contributed by atoms with Crippen molar-refractivity contribution in [3.05, 3.63) is 35.1 Å². The molecule has 1 aromatic carbocycles. The molecule has 2 heterocycles. The monoisotopic (exact) mass is 276 g/mol. The van der Waals surface area contributed by atoms with Gasteiger partial charge in [-0.1, -0.05) is 11.6 Å². The van der Waals surface area contributed by atoms with E-state index in [4.69, 9.17) is 21.1 Å². The molecule has 0 N–H and O–H groups in total. The summed E-state index contributed by atoms with van der Waals surface area (Å²) >= 11 is 5.96. The Balaban J connectivity index is 2.03. The number of hydrogen-bond acceptors (Lipinski definition) is 4. The number of halogens is 1. The molecule has 0 radical (unpaired) electrons. The average molecular weight is 277 g/mol. The third-order valence-corrected chi connectivity index (χ3v) is 3.02. The highest BCUT2D eigenvalue weighted by Gasteiger charge is 2.13. The number of benzene rings is 1. The van der Waals surface area contributed by atoms with E-state index in [-0.39, 0.29) is 0 Å². The zero-order valence-corrected chi connectivity index (χ0v) is 11.3. The van der Waals surface area contributed by atoms with Crippen molar-refractivity contribution >= 4 is 11.6 Å². The van der Waals surface area contributed by atoms with Crippen LogP contribution in [0.5, 0.6) is 11.5 Å². The normalized spacial score (nSPS) is 14.0. The minimum Gasteiger partial charge on any atom is -0.490 e. The molecule has 0 aliphatic carbocycles. The lowest BCUT2D eigenvalue weighted by Crippen LogP contribution is -1.97. The summed E-state index contributed by atoms with van der Waals surface area (Å²) in [5.41, 5.74) is 1.71. The molecule has 3 rings (SSSR count). The van der Waals surface area contributed by atoms with Crippen molar-refractivity contribution < 1.29 is 9.47 Å². The zero-order valence-electron chi connectivity index (χ0n) is 10.5. The molecule has 1 aliphatic rings. The molecule has 0 fully saturated rings. The first kappa shape index (κ1) is 12.2. The van der Waals surface area contributed by atoms with E-state index >= 15 is 0 Å². The maximum atomic E-state index is 5.96. The van der Waals surface area contributed by atoms with Crippen LogP contribution in [0, 0.1) is 6.92 Å². The van der Waals surface area contributed by atoms with Crippen molar-refractivity contribution in [1.29, 1.82) is 0 Å². The smallest absolute Gasteiger partial charge is 0.161 e. The van der Waals surface area contributed by atoms with Gasteiger partial charge in [0.25, 0.3) is 0 Å². The van der Waals surface area contributed by atoms with E-state index in [0.29, 0.717) is 24.2 Å². The van der Waals surface area contributed by atoms with Crippen LogP contribution in [0.2, 0.25) is 5.15 Å². The molecule has 0 saturated carbocycles. The molecule has 1 aliphatic heterocycles. The molecule has 4 nitrogen and oxygen atoms in total. The number of aromatic nitrogens is 2. The first-order valence-electron chi connectivity index (χ1n) is 6.13. The van der Waals surface area contributed by atoms with Crippen LogP contribution in [-0.2, 0) is 0 Å². The zero-order chi connectivity index (χ0) is 13.2. The molecule has 98 valence electrons. The Hall–Kier alpha value is -1.81. The molecular weight excluding hydrogens is 264 g/mol. The number of rotatable bonds is 1. The van der Waals surface area contributed by atoms with Gasteiger partial charge in [-0.25, -0.2) is 9.97 Å². The summed E-state index contributed by atoms with van der Waals surface area (Å²) in [4.78, 5) is 8.62. The topological polar surface area (TPSA) is 44.2 Å². The second-order valence-electron chi connectivity index (χ2n) is 4.37. The number of nitrogens with zero attached hydrogens (tertiary/aromatic N) is 2. The fourth-order valence-corrected chi connectivity index (χ4v) is 2.20. The Kier molecular flexibility index (Phi) is 3.25. The minimum atomic E-state index is 0.439. The van der Waals surface area contributed by atoms with Crippen LogP contribution in [0.3, 0.4) is 0 Å². The van der Waals surface area contributed by atoms with Gasteiger partial charge in [-0.3, -0.25) is 0 Å². The molecule has 1 aromatic heterocycles. The van der Waals surface area contributed by atoms with Crippen LogP contribution in [0.1, 0.15) is 12.1 Å². The molecular formula is C14H13ClN2O2. The number of aryl methyl sites for hydroxylation is 1. The van der Waals surface area contributed by atoms with Crippen molar-refractivity contribution in [2.24, 2.45) is 0 Å². The lowest BCUT2D eigenvalue weighted by Gasteiger charge is -2.09. The van der Waals surface area contributed by atoms with E-state index in [0.717, 1.165) is 29.2 Å². The molecule has 0 atom stereocenters. The van der Waals surface area contributed by atoms with E-state index < -0.39 is 0 Å². The maximum absolute atomic E-state index is 5.96. The van der Waals surface area contributed by atoms with Gasteiger partial charge in [0.1, 0.15) is 5.15 Å². The number of hydrogen-bond donors (Lipinski definition) is 0. The first-order valence-corrected chi connectivity index (χ1v) is 6.51.